The van der Waals surface area contributed by atoms with E-state index in [1.165, 1.54) is 16.7 Å². The van der Waals surface area contributed by atoms with Gasteiger partial charge in [0.2, 0.25) is 0 Å². The number of hydrogen-bond donors (Lipinski definition) is 1. The van der Waals surface area contributed by atoms with Gasteiger partial charge >= 0.3 is 0 Å². The molecule has 1 unspecified atom stereocenters. The van der Waals surface area contributed by atoms with E-state index in [2.05, 4.69) is 37.4 Å². The van der Waals surface area contributed by atoms with Crippen LogP contribution in [0.3, 0.4) is 0 Å². The third-order valence-corrected chi connectivity index (χ3v) is 5.73. The van der Waals surface area contributed by atoms with Crippen molar-refractivity contribution in [3.05, 3.63) is 34.9 Å². The molecule has 0 radical (unpaired) electrons. The Bertz CT molecular complexity index is 487. The van der Waals surface area contributed by atoms with Crippen molar-refractivity contribution in [1.82, 2.24) is 5.32 Å². The van der Waals surface area contributed by atoms with Crippen molar-refractivity contribution in [2.45, 2.75) is 38.1 Å². The van der Waals surface area contributed by atoms with Crippen LogP contribution in [0.5, 0.6) is 0 Å². The Hall–Kier alpha value is -0.720. The molecule has 18 heavy (non-hydrogen) atoms. The summed E-state index contributed by atoms with van der Waals surface area (Å²) in [6, 6.07) is 7.36. The maximum Gasteiger partial charge on any atom is 0.156 e. The van der Waals surface area contributed by atoms with Crippen LogP contribution in [0, 0.1) is 12.8 Å². The lowest BCUT2D eigenvalue weighted by Gasteiger charge is -2.51. The topological polar surface area (TPSA) is 29.1 Å². The first kappa shape index (κ1) is 12.3. The van der Waals surface area contributed by atoms with Crippen molar-refractivity contribution in [2.24, 2.45) is 5.92 Å². The van der Waals surface area contributed by atoms with Gasteiger partial charge in [0.25, 0.3) is 0 Å². The van der Waals surface area contributed by atoms with E-state index in [1.54, 1.807) is 0 Å². The Balaban J connectivity index is 2.18. The zero-order chi connectivity index (χ0) is 12.8. The molecule has 96 valence electrons. The summed E-state index contributed by atoms with van der Waals surface area (Å²) < 4.78 is 11.3. The van der Waals surface area contributed by atoms with Crippen LogP contribution in [0.2, 0.25) is 0 Å². The molecule has 1 fully saturated rings. The Morgan fingerprint density at radius 2 is 2.33 bits per heavy atom. The predicted octanol–water partition coefficient (Wildman–Crippen LogP) is 3.08. The molecule has 0 saturated carbocycles. The lowest BCUT2D eigenvalue weighted by molar-refractivity contribution is 0.161. The average molecular weight is 261 g/mol. The summed E-state index contributed by atoms with van der Waals surface area (Å²) in [7, 11) is 0.285. The van der Waals surface area contributed by atoms with E-state index in [-0.39, 0.29) is 13.9 Å². The third kappa shape index (κ3) is 1.66. The van der Waals surface area contributed by atoms with Crippen LogP contribution >= 0.6 is 8.46 Å². The van der Waals surface area contributed by atoms with E-state index in [0.29, 0.717) is 12.0 Å². The van der Waals surface area contributed by atoms with E-state index < -0.39 is 0 Å². The van der Waals surface area contributed by atoms with Crippen LogP contribution in [0.4, 0.5) is 0 Å². The van der Waals surface area contributed by atoms with Gasteiger partial charge in [0.05, 0.1) is 0 Å². The van der Waals surface area contributed by atoms with Crippen molar-refractivity contribution in [3.63, 3.8) is 0 Å². The average Bonchev–Trinajstić information content (AvgIpc) is 2.34. The summed E-state index contributed by atoms with van der Waals surface area (Å²) in [6.07, 6.45) is 2.99. The highest BCUT2D eigenvalue weighted by Gasteiger charge is 2.48. The molecule has 1 aromatic carbocycles. The molecule has 2 aliphatic rings. The fraction of sp³-hybridized carbons (Fsp3) is 0.600. The number of rotatable bonds is 2. The van der Waals surface area contributed by atoms with Crippen molar-refractivity contribution >= 4 is 8.46 Å². The maximum absolute atomic E-state index is 11.3. The monoisotopic (exact) mass is 261 g/mol. The van der Waals surface area contributed by atoms with Crippen molar-refractivity contribution < 1.29 is 4.57 Å². The standard InChI is InChI=1S/C15H20NOP/c1-10-3-4-12-8-14-11(2)15(9-18-17,5-6-16-14)13(12)7-10/h3-4,7,11,14,16H,5-6,8-9H2,1-2H3/t11-,14?,15+/m0/s1. The number of hydrogen-bond acceptors (Lipinski definition) is 2. The van der Waals surface area contributed by atoms with Gasteiger partial charge in [-0.05, 0) is 43.4 Å². The quantitative estimate of drug-likeness (QED) is 0.829. The normalized spacial score (nSPS) is 34.3. The van der Waals surface area contributed by atoms with Crippen molar-refractivity contribution in [3.8, 4) is 0 Å². The van der Waals surface area contributed by atoms with Gasteiger partial charge in [-0.1, -0.05) is 30.7 Å². The summed E-state index contributed by atoms with van der Waals surface area (Å²) >= 11 is 0. The molecule has 1 saturated heterocycles. The third-order valence-electron chi connectivity index (χ3n) is 5.04. The fourth-order valence-corrected chi connectivity index (χ4v) is 4.74. The first-order valence-electron chi connectivity index (χ1n) is 6.80. The smallest absolute Gasteiger partial charge is 0.156 e. The summed E-state index contributed by atoms with van der Waals surface area (Å²) in [5.41, 5.74) is 4.37. The van der Waals surface area contributed by atoms with E-state index in [9.17, 15) is 4.57 Å². The van der Waals surface area contributed by atoms with E-state index >= 15 is 0 Å². The summed E-state index contributed by atoms with van der Waals surface area (Å²) in [5.74, 6) is 0.571. The molecule has 2 nitrogen and oxygen atoms in total. The SMILES string of the molecule is Cc1ccc2c(c1)[C@@]1(CP=O)CCNC(C2)[C@@H]1C. The molecule has 1 aromatic rings. The molecule has 1 N–H and O–H groups in total. The number of fused-ring (bicyclic) bond motifs is 4. The Kier molecular flexibility index (Phi) is 3.03. The molecule has 2 bridgehead atoms. The fourth-order valence-electron chi connectivity index (χ4n) is 3.89. The molecule has 0 amide bonds. The lowest BCUT2D eigenvalue weighted by atomic mass is 9.59. The minimum atomic E-state index is 0.124. The second-order valence-corrected chi connectivity index (χ2v) is 6.48. The summed E-state index contributed by atoms with van der Waals surface area (Å²) in [5, 5.41) is 3.63. The number of aryl methyl sites for hydroxylation is 1. The minimum absolute atomic E-state index is 0.124. The summed E-state index contributed by atoms with van der Waals surface area (Å²) in [4.78, 5) is 0. The van der Waals surface area contributed by atoms with Crippen LogP contribution in [-0.4, -0.2) is 18.7 Å². The van der Waals surface area contributed by atoms with E-state index in [1.807, 2.05) is 0 Å². The van der Waals surface area contributed by atoms with Gasteiger partial charge in [-0.3, -0.25) is 4.57 Å². The number of nitrogens with one attached hydrogen (secondary N) is 1. The molecule has 1 aliphatic carbocycles. The van der Waals surface area contributed by atoms with Crippen molar-refractivity contribution in [2.75, 3.05) is 12.7 Å². The first-order valence-corrected chi connectivity index (χ1v) is 7.79. The highest BCUT2D eigenvalue weighted by molar-refractivity contribution is 7.23. The van der Waals surface area contributed by atoms with Crippen LogP contribution in [0.15, 0.2) is 18.2 Å². The molecule has 3 heteroatoms. The van der Waals surface area contributed by atoms with Crippen molar-refractivity contribution in [1.29, 1.82) is 0 Å². The molecule has 1 aliphatic heterocycles. The minimum Gasteiger partial charge on any atom is -0.313 e. The van der Waals surface area contributed by atoms with Crippen LogP contribution in [0.1, 0.15) is 30.0 Å². The molecule has 0 aromatic heterocycles. The first-order chi connectivity index (χ1) is 8.67. The van der Waals surface area contributed by atoms with Gasteiger partial charge in [0.1, 0.15) is 0 Å². The van der Waals surface area contributed by atoms with E-state index in [0.717, 1.165) is 25.5 Å². The molecule has 0 spiro atoms. The van der Waals surface area contributed by atoms with Crippen LogP contribution in [-0.2, 0) is 16.4 Å². The number of piperidine rings is 1. The van der Waals surface area contributed by atoms with E-state index in [4.69, 9.17) is 0 Å². The van der Waals surface area contributed by atoms with Crippen LogP contribution in [0.25, 0.3) is 0 Å². The van der Waals surface area contributed by atoms with Gasteiger partial charge < -0.3 is 5.32 Å². The van der Waals surface area contributed by atoms with Gasteiger partial charge in [0, 0.05) is 17.6 Å². The second kappa shape index (κ2) is 4.43. The van der Waals surface area contributed by atoms with Gasteiger partial charge in [0.15, 0.2) is 8.46 Å². The molecule has 1 heterocycles. The largest absolute Gasteiger partial charge is 0.313 e. The predicted molar refractivity (Wildman–Crippen MR) is 74.6 cm³/mol. The molecule has 3 rings (SSSR count). The lowest BCUT2D eigenvalue weighted by Crippen LogP contribution is -2.58. The Morgan fingerprint density at radius 1 is 1.50 bits per heavy atom. The highest BCUT2D eigenvalue weighted by atomic mass is 31.1. The Morgan fingerprint density at radius 3 is 3.11 bits per heavy atom. The highest BCUT2D eigenvalue weighted by Crippen LogP contribution is 2.48. The summed E-state index contributed by atoms with van der Waals surface area (Å²) in [6.45, 7) is 5.53. The van der Waals surface area contributed by atoms with Crippen LogP contribution < -0.4 is 5.32 Å². The van der Waals surface area contributed by atoms with Gasteiger partial charge in [-0.2, -0.15) is 0 Å². The molecule has 3 atom stereocenters. The zero-order valence-electron chi connectivity index (χ0n) is 11.1. The van der Waals surface area contributed by atoms with Gasteiger partial charge in [-0.25, -0.2) is 0 Å². The molecular weight excluding hydrogens is 241 g/mol. The maximum atomic E-state index is 11.3. The Labute approximate surface area is 110 Å². The zero-order valence-corrected chi connectivity index (χ0v) is 12.0. The number of benzene rings is 1. The second-order valence-electron chi connectivity index (χ2n) is 5.91. The molecular formula is C15H20NOP. The van der Waals surface area contributed by atoms with Gasteiger partial charge in [-0.15, -0.1) is 0 Å².